The van der Waals surface area contributed by atoms with E-state index in [0.29, 0.717) is 36.1 Å². The minimum absolute atomic E-state index is 0.263. The lowest BCUT2D eigenvalue weighted by Gasteiger charge is -2.19. The van der Waals surface area contributed by atoms with Gasteiger partial charge in [0, 0.05) is 18.3 Å². The molecule has 0 unspecified atom stereocenters. The fourth-order valence-corrected chi connectivity index (χ4v) is 2.58. The molecule has 0 atom stereocenters. The summed E-state index contributed by atoms with van der Waals surface area (Å²) in [6, 6.07) is 8.90. The van der Waals surface area contributed by atoms with Crippen molar-refractivity contribution in [1.29, 1.82) is 0 Å². The van der Waals surface area contributed by atoms with Gasteiger partial charge in [0.05, 0.1) is 11.9 Å². The van der Waals surface area contributed by atoms with E-state index in [1.165, 1.54) is 0 Å². The standard InChI is InChI=1S/C19H24N4O3/c1-23(2)9-3-8-20-15-4-6-16(21-13-15)19(24)22-14-5-7-17-18(12-14)26-11-10-25-17/h4-7,12-13,20H,3,8-11H2,1-2H3,(H,22,24). The summed E-state index contributed by atoms with van der Waals surface area (Å²) < 4.78 is 11.0. The quantitative estimate of drug-likeness (QED) is 0.743. The van der Waals surface area contributed by atoms with Crippen LogP contribution in [0, 0.1) is 0 Å². The summed E-state index contributed by atoms with van der Waals surface area (Å²) in [4.78, 5) is 18.7. The maximum absolute atomic E-state index is 12.4. The van der Waals surface area contributed by atoms with E-state index < -0.39 is 0 Å². The molecule has 2 aromatic rings. The Balaban J connectivity index is 1.54. The predicted octanol–water partition coefficient (Wildman–Crippen LogP) is 2.47. The van der Waals surface area contributed by atoms with Gasteiger partial charge in [-0.25, -0.2) is 4.98 Å². The van der Waals surface area contributed by atoms with Gasteiger partial charge in [-0.3, -0.25) is 4.79 Å². The van der Waals surface area contributed by atoms with Crippen molar-refractivity contribution in [3.63, 3.8) is 0 Å². The second kappa shape index (κ2) is 8.53. The molecule has 0 bridgehead atoms. The third-order valence-corrected chi connectivity index (χ3v) is 3.91. The smallest absolute Gasteiger partial charge is 0.274 e. The molecule has 1 aliphatic rings. The van der Waals surface area contributed by atoms with E-state index in [0.717, 1.165) is 25.2 Å². The Morgan fingerprint density at radius 1 is 1.12 bits per heavy atom. The summed E-state index contributed by atoms with van der Waals surface area (Å²) >= 11 is 0. The van der Waals surface area contributed by atoms with Crippen molar-refractivity contribution in [2.24, 2.45) is 0 Å². The van der Waals surface area contributed by atoms with Gasteiger partial charge in [0.25, 0.3) is 5.91 Å². The number of amides is 1. The number of hydrogen-bond acceptors (Lipinski definition) is 6. The van der Waals surface area contributed by atoms with Gasteiger partial charge in [0.15, 0.2) is 11.5 Å². The number of rotatable bonds is 7. The van der Waals surface area contributed by atoms with Crippen molar-refractivity contribution < 1.29 is 14.3 Å². The fraction of sp³-hybridized carbons (Fsp3) is 0.368. The SMILES string of the molecule is CN(C)CCCNc1ccc(C(=O)Nc2ccc3c(c2)OCCO3)nc1. The van der Waals surface area contributed by atoms with E-state index in [1.807, 2.05) is 6.07 Å². The van der Waals surface area contributed by atoms with E-state index in [2.05, 4.69) is 34.6 Å². The number of benzene rings is 1. The molecule has 0 fully saturated rings. The van der Waals surface area contributed by atoms with Gasteiger partial charge in [-0.1, -0.05) is 0 Å². The zero-order chi connectivity index (χ0) is 18.4. The number of fused-ring (bicyclic) bond motifs is 1. The minimum Gasteiger partial charge on any atom is -0.486 e. The fourth-order valence-electron chi connectivity index (χ4n) is 2.58. The Labute approximate surface area is 153 Å². The molecule has 7 heteroatoms. The Hall–Kier alpha value is -2.80. The lowest BCUT2D eigenvalue weighted by atomic mass is 10.2. The summed E-state index contributed by atoms with van der Waals surface area (Å²) in [6.45, 7) is 2.94. The first-order chi connectivity index (χ1) is 12.6. The molecule has 1 aromatic carbocycles. The highest BCUT2D eigenvalue weighted by atomic mass is 16.6. The molecule has 0 aliphatic carbocycles. The Kier molecular flexibility index (Phi) is 5.91. The lowest BCUT2D eigenvalue weighted by molar-refractivity contribution is 0.102. The van der Waals surface area contributed by atoms with E-state index in [-0.39, 0.29) is 5.91 Å². The van der Waals surface area contributed by atoms with Crippen LogP contribution in [0.4, 0.5) is 11.4 Å². The van der Waals surface area contributed by atoms with Gasteiger partial charge in [0.1, 0.15) is 18.9 Å². The largest absolute Gasteiger partial charge is 0.486 e. The van der Waals surface area contributed by atoms with Gasteiger partial charge < -0.3 is 25.0 Å². The van der Waals surface area contributed by atoms with Crippen molar-refractivity contribution in [2.75, 3.05) is 51.0 Å². The highest BCUT2D eigenvalue weighted by molar-refractivity contribution is 6.03. The average Bonchev–Trinajstić information content (AvgIpc) is 2.65. The molecular formula is C19H24N4O3. The van der Waals surface area contributed by atoms with E-state index in [9.17, 15) is 4.79 Å². The van der Waals surface area contributed by atoms with Crippen LogP contribution < -0.4 is 20.1 Å². The van der Waals surface area contributed by atoms with Crippen LogP contribution in [0.25, 0.3) is 0 Å². The Bertz CT molecular complexity index is 747. The number of ether oxygens (including phenoxy) is 2. The molecular weight excluding hydrogens is 332 g/mol. The molecule has 0 spiro atoms. The Morgan fingerprint density at radius 3 is 2.62 bits per heavy atom. The number of hydrogen-bond donors (Lipinski definition) is 2. The second-order valence-corrected chi connectivity index (χ2v) is 6.33. The molecule has 2 heterocycles. The van der Waals surface area contributed by atoms with Crippen LogP contribution >= 0.6 is 0 Å². The van der Waals surface area contributed by atoms with Gasteiger partial charge in [0.2, 0.25) is 0 Å². The highest BCUT2D eigenvalue weighted by Gasteiger charge is 2.14. The average molecular weight is 356 g/mol. The molecule has 7 nitrogen and oxygen atoms in total. The third-order valence-electron chi connectivity index (χ3n) is 3.91. The van der Waals surface area contributed by atoms with Crippen LogP contribution in [0.2, 0.25) is 0 Å². The number of carbonyl (C=O) groups excluding carboxylic acids is 1. The predicted molar refractivity (Wildman–Crippen MR) is 101 cm³/mol. The van der Waals surface area contributed by atoms with Crippen LogP contribution in [0.15, 0.2) is 36.5 Å². The number of carbonyl (C=O) groups is 1. The van der Waals surface area contributed by atoms with Crippen molar-refractivity contribution in [3.8, 4) is 11.5 Å². The van der Waals surface area contributed by atoms with Crippen molar-refractivity contribution >= 4 is 17.3 Å². The van der Waals surface area contributed by atoms with Crippen LogP contribution in [0.5, 0.6) is 11.5 Å². The maximum Gasteiger partial charge on any atom is 0.274 e. The number of aromatic nitrogens is 1. The number of anilines is 2. The van der Waals surface area contributed by atoms with E-state index in [1.54, 1.807) is 30.5 Å². The van der Waals surface area contributed by atoms with Crippen molar-refractivity contribution in [1.82, 2.24) is 9.88 Å². The Morgan fingerprint density at radius 2 is 1.88 bits per heavy atom. The monoisotopic (exact) mass is 356 g/mol. The third kappa shape index (κ3) is 4.86. The van der Waals surface area contributed by atoms with E-state index >= 15 is 0 Å². The summed E-state index contributed by atoms with van der Waals surface area (Å²) in [7, 11) is 4.10. The second-order valence-electron chi connectivity index (χ2n) is 6.33. The summed E-state index contributed by atoms with van der Waals surface area (Å²) in [6.07, 6.45) is 2.72. The lowest BCUT2D eigenvalue weighted by Crippen LogP contribution is -2.17. The van der Waals surface area contributed by atoms with Crippen molar-refractivity contribution in [3.05, 3.63) is 42.2 Å². The van der Waals surface area contributed by atoms with Crippen LogP contribution in [0.1, 0.15) is 16.9 Å². The van der Waals surface area contributed by atoms with Gasteiger partial charge in [-0.15, -0.1) is 0 Å². The first-order valence-electron chi connectivity index (χ1n) is 8.67. The van der Waals surface area contributed by atoms with Crippen LogP contribution in [0.3, 0.4) is 0 Å². The molecule has 1 amide bonds. The zero-order valence-electron chi connectivity index (χ0n) is 15.1. The zero-order valence-corrected chi connectivity index (χ0v) is 15.1. The first kappa shape index (κ1) is 18.0. The minimum atomic E-state index is -0.263. The molecule has 0 saturated carbocycles. The number of nitrogens with one attached hydrogen (secondary N) is 2. The summed E-state index contributed by atoms with van der Waals surface area (Å²) in [5, 5.41) is 6.13. The van der Waals surface area contributed by atoms with Crippen LogP contribution in [-0.4, -0.2) is 56.2 Å². The van der Waals surface area contributed by atoms with Gasteiger partial charge >= 0.3 is 0 Å². The van der Waals surface area contributed by atoms with Gasteiger partial charge in [-0.2, -0.15) is 0 Å². The molecule has 138 valence electrons. The molecule has 26 heavy (non-hydrogen) atoms. The molecule has 2 N–H and O–H groups in total. The van der Waals surface area contributed by atoms with Crippen molar-refractivity contribution in [2.45, 2.75) is 6.42 Å². The highest BCUT2D eigenvalue weighted by Crippen LogP contribution is 2.32. The number of nitrogens with zero attached hydrogens (tertiary/aromatic N) is 2. The maximum atomic E-state index is 12.4. The normalized spacial score (nSPS) is 12.7. The molecule has 1 aromatic heterocycles. The van der Waals surface area contributed by atoms with E-state index in [4.69, 9.17) is 9.47 Å². The molecule has 3 rings (SSSR count). The van der Waals surface area contributed by atoms with Crippen LogP contribution in [-0.2, 0) is 0 Å². The topological polar surface area (TPSA) is 75.7 Å². The molecule has 0 saturated heterocycles. The molecule has 1 aliphatic heterocycles. The first-order valence-corrected chi connectivity index (χ1v) is 8.67. The summed E-state index contributed by atoms with van der Waals surface area (Å²) in [5.74, 6) is 1.07. The summed E-state index contributed by atoms with van der Waals surface area (Å²) in [5.41, 5.74) is 1.91. The number of pyridine rings is 1. The molecule has 0 radical (unpaired) electrons. The van der Waals surface area contributed by atoms with Gasteiger partial charge in [-0.05, 0) is 51.3 Å².